The van der Waals surface area contributed by atoms with Crippen LogP contribution < -0.4 is 11.1 Å². The molecule has 4 nitrogen and oxygen atoms in total. The summed E-state index contributed by atoms with van der Waals surface area (Å²) in [6.07, 6.45) is 5.42. The van der Waals surface area contributed by atoms with Crippen LogP contribution in [0.1, 0.15) is 39.0 Å². The predicted octanol–water partition coefficient (Wildman–Crippen LogP) is 0.391. The highest BCUT2D eigenvalue weighted by Gasteiger charge is 2.22. The summed E-state index contributed by atoms with van der Waals surface area (Å²) >= 11 is 0. The SMILES string of the molecule is CC(N)C(=O)NCC(O)C1CCCCC1. The molecular formula is C11H22N2O2. The van der Waals surface area contributed by atoms with E-state index in [1.807, 2.05) is 0 Å². The molecule has 15 heavy (non-hydrogen) atoms. The maximum Gasteiger partial charge on any atom is 0.236 e. The number of hydrogen-bond acceptors (Lipinski definition) is 3. The number of carbonyl (C=O) groups is 1. The summed E-state index contributed by atoms with van der Waals surface area (Å²) in [5.74, 6) is 0.164. The lowest BCUT2D eigenvalue weighted by atomic mass is 9.85. The number of aliphatic hydroxyl groups excluding tert-OH is 1. The number of nitrogens with one attached hydrogen (secondary N) is 1. The van der Waals surface area contributed by atoms with Crippen LogP contribution in [0.15, 0.2) is 0 Å². The van der Waals surface area contributed by atoms with Crippen molar-refractivity contribution in [2.45, 2.75) is 51.2 Å². The third-order valence-corrected chi connectivity index (χ3v) is 3.09. The van der Waals surface area contributed by atoms with Crippen LogP contribution in [0.4, 0.5) is 0 Å². The average Bonchev–Trinajstić information content (AvgIpc) is 2.26. The Morgan fingerprint density at radius 2 is 2.07 bits per heavy atom. The largest absolute Gasteiger partial charge is 0.391 e. The molecule has 0 aliphatic heterocycles. The predicted molar refractivity (Wildman–Crippen MR) is 59.2 cm³/mol. The molecule has 0 spiro atoms. The van der Waals surface area contributed by atoms with Gasteiger partial charge in [-0.1, -0.05) is 19.3 Å². The fourth-order valence-electron chi connectivity index (χ4n) is 2.05. The molecule has 4 heteroatoms. The highest BCUT2D eigenvalue weighted by Crippen LogP contribution is 2.26. The smallest absolute Gasteiger partial charge is 0.236 e. The van der Waals surface area contributed by atoms with Crippen molar-refractivity contribution < 1.29 is 9.90 Å². The van der Waals surface area contributed by atoms with Crippen molar-refractivity contribution in [3.63, 3.8) is 0 Å². The Morgan fingerprint density at radius 3 is 2.60 bits per heavy atom. The fourth-order valence-corrected chi connectivity index (χ4v) is 2.05. The van der Waals surface area contributed by atoms with Crippen molar-refractivity contribution in [2.24, 2.45) is 11.7 Å². The number of aliphatic hydroxyl groups is 1. The Kier molecular flexibility index (Phi) is 5.05. The first-order chi connectivity index (χ1) is 7.11. The highest BCUT2D eigenvalue weighted by atomic mass is 16.3. The molecule has 0 aromatic rings. The van der Waals surface area contributed by atoms with Gasteiger partial charge >= 0.3 is 0 Å². The summed E-state index contributed by atoms with van der Waals surface area (Å²) in [5.41, 5.74) is 5.41. The zero-order chi connectivity index (χ0) is 11.3. The Balaban J connectivity index is 2.22. The molecule has 2 atom stereocenters. The highest BCUT2D eigenvalue weighted by molar-refractivity contribution is 5.80. The summed E-state index contributed by atoms with van der Waals surface area (Å²) in [7, 11) is 0. The second-order valence-corrected chi connectivity index (χ2v) is 4.50. The lowest BCUT2D eigenvalue weighted by Crippen LogP contribution is -2.43. The minimum atomic E-state index is -0.497. The molecule has 4 N–H and O–H groups in total. The molecule has 1 fully saturated rings. The van der Waals surface area contributed by atoms with Crippen LogP contribution in [0, 0.1) is 5.92 Å². The lowest BCUT2D eigenvalue weighted by Gasteiger charge is -2.26. The maximum absolute atomic E-state index is 11.2. The van der Waals surface area contributed by atoms with Gasteiger partial charge in [0.05, 0.1) is 12.1 Å². The molecular weight excluding hydrogens is 192 g/mol. The van der Waals surface area contributed by atoms with Gasteiger partial charge in [-0.2, -0.15) is 0 Å². The standard InChI is InChI=1S/C11H22N2O2/c1-8(12)11(15)13-7-10(14)9-5-3-2-4-6-9/h8-10,14H,2-7,12H2,1H3,(H,13,15). The monoisotopic (exact) mass is 214 g/mol. The number of nitrogens with two attached hydrogens (primary N) is 1. The van der Waals surface area contributed by atoms with Gasteiger partial charge in [0.25, 0.3) is 0 Å². The van der Waals surface area contributed by atoms with E-state index in [1.165, 1.54) is 19.3 Å². The molecule has 0 heterocycles. The van der Waals surface area contributed by atoms with Gasteiger partial charge in [-0.15, -0.1) is 0 Å². The van der Waals surface area contributed by atoms with E-state index in [1.54, 1.807) is 6.92 Å². The van der Waals surface area contributed by atoms with Gasteiger partial charge in [-0.25, -0.2) is 0 Å². The fraction of sp³-hybridized carbons (Fsp3) is 0.909. The number of hydrogen-bond donors (Lipinski definition) is 3. The van der Waals surface area contributed by atoms with Crippen LogP contribution in [-0.4, -0.2) is 29.7 Å². The zero-order valence-electron chi connectivity index (χ0n) is 9.41. The van der Waals surface area contributed by atoms with Gasteiger partial charge in [-0.05, 0) is 25.7 Å². The molecule has 1 aliphatic rings. The Bertz CT molecular complexity index is 201. The van der Waals surface area contributed by atoms with Crippen molar-refractivity contribution in [1.82, 2.24) is 5.32 Å². The molecule has 0 aromatic heterocycles. The van der Waals surface area contributed by atoms with Gasteiger partial charge in [0, 0.05) is 6.54 Å². The Morgan fingerprint density at radius 1 is 1.47 bits per heavy atom. The molecule has 0 aromatic carbocycles. The quantitative estimate of drug-likeness (QED) is 0.633. The third-order valence-electron chi connectivity index (χ3n) is 3.09. The van der Waals surface area contributed by atoms with Crippen LogP contribution in [0.3, 0.4) is 0 Å². The van der Waals surface area contributed by atoms with Crippen molar-refractivity contribution >= 4 is 5.91 Å². The van der Waals surface area contributed by atoms with E-state index < -0.39 is 12.1 Å². The van der Waals surface area contributed by atoms with E-state index in [2.05, 4.69) is 5.32 Å². The molecule has 1 aliphatic carbocycles. The van der Waals surface area contributed by atoms with Crippen LogP contribution in [0.2, 0.25) is 0 Å². The lowest BCUT2D eigenvalue weighted by molar-refractivity contribution is -0.122. The Labute approximate surface area is 91.2 Å². The van der Waals surface area contributed by atoms with Crippen LogP contribution in [0.5, 0.6) is 0 Å². The minimum absolute atomic E-state index is 0.190. The minimum Gasteiger partial charge on any atom is -0.391 e. The zero-order valence-corrected chi connectivity index (χ0v) is 9.41. The number of carbonyl (C=O) groups excluding carboxylic acids is 1. The summed E-state index contributed by atoms with van der Waals surface area (Å²) in [5, 5.41) is 12.5. The van der Waals surface area contributed by atoms with Crippen LogP contribution in [0.25, 0.3) is 0 Å². The molecule has 0 radical (unpaired) electrons. The van der Waals surface area contributed by atoms with Gasteiger partial charge in [0.1, 0.15) is 0 Å². The molecule has 88 valence electrons. The van der Waals surface area contributed by atoms with Gasteiger partial charge in [0.2, 0.25) is 5.91 Å². The van der Waals surface area contributed by atoms with Crippen molar-refractivity contribution in [1.29, 1.82) is 0 Å². The second-order valence-electron chi connectivity index (χ2n) is 4.50. The van der Waals surface area contributed by atoms with Crippen molar-refractivity contribution in [3.05, 3.63) is 0 Å². The van der Waals surface area contributed by atoms with Crippen LogP contribution >= 0.6 is 0 Å². The van der Waals surface area contributed by atoms with Gasteiger partial charge in [-0.3, -0.25) is 4.79 Å². The topological polar surface area (TPSA) is 75.4 Å². The van der Waals surface area contributed by atoms with E-state index >= 15 is 0 Å². The van der Waals surface area contributed by atoms with E-state index in [-0.39, 0.29) is 5.91 Å². The first-order valence-electron chi connectivity index (χ1n) is 5.82. The molecule has 1 rings (SSSR count). The third kappa shape index (κ3) is 4.18. The Hall–Kier alpha value is -0.610. The van der Waals surface area contributed by atoms with Gasteiger partial charge < -0.3 is 16.2 Å². The number of rotatable bonds is 4. The summed E-state index contributed by atoms with van der Waals surface area (Å²) in [6.45, 7) is 1.98. The average molecular weight is 214 g/mol. The molecule has 1 saturated carbocycles. The maximum atomic E-state index is 11.2. The number of amides is 1. The van der Waals surface area contributed by atoms with Gasteiger partial charge in [0.15, 0.2) is 0 Å². The summed E-state index contributed by atoms with van der Waals surface area (Å²) in [4.78, 5) is 11.2. The molecule has 0 bridgehead atoms. The van der Waals surface area contributed by atoms with E-state index in [0.29, 0.717) is 12.5 Å². The molecule has 1 amide bonds. The van der Waals surface area contributed by atoms with Crippen molar-refractivity contribution in [3.8, 4) is 0 Å². The normalized spacial score (nSPS) is 22.1. The summed E-state index contributed by atoms with van der Waals surface area (Å²) in [6, 6.07) is -0.497. The first kappa shape index (κ1) is 12.5. The van der Waals surface area contributed by atoms with Crippen LogP contribution in [-0.2, 0) is 4.79 Å². The van der Waals surface area contributed by atoms with Crippen molar-refractivity contribution in [2.75, 3.05) is 6.54 Å². The summed E-state index contributed by atoms with van der Waals surface area (Å²) < 4.78 is 0. The molecule has 0 saturated heterocycles. The first-order valence-corrected chi connectivity index (χ1v) is 5.82. The van der Waals surface area contributed by atoms with E-state index in [4.69, 9.17) is 5.73 Å². The second kappa shape index (κ2) is 6.08. The van der Waals surface area contributed by atoms with E-state index in [9.17, 15) is 9.90 Å². The molecule has 2 unspecified atom stereocenters. The van der Waals surface area contributed by atoms with E-state index in [0.717, 1.165) is 12.8 Å².